The largest absolute Gasteiger partial charge is 0.489 e. The van der Waals surface area contributed by atoms with Gasteiger partial charge < -0.3 is 20.5 Å². The molecule has 0 spiro atoms. The van der Waals surface area contributed by atoms with Crippen LogP contribution in [0.4, 0.5) is 16.2 Å². The number of pyridine rings is 1. The summed E-state index contributed by atoms with van der Waals surface area (Å²) in [6.45, 7) is 2.60. The maximum Gasteiger partial charge on any atom is 0.306 e. The minimum absolute atomic E-state index is 0.102. The molecule has 1 aliphatic rings. The molecule has 220 valence electrons. The van der Waals surface area contributed by atoms with E-state index in [1.165, 1.54) is 0 Å². The Morgan fingerprint density at radius 1 is 1.17 bits per heavy atom. The highest BCUT2D eigenvalue weighted by Crippen LogP contribution is 2.30. The first kappa shape index (κ1) is 29.2. The van der Waals surface area contributed by atoms with E-state index in [2.05, 4.69) is 30.9 Å². The van der Waals surface area contributed by atoms with Crippen LogP contribution in [-0.2, 0) is 24.8 Å². The lowest BCUT2D eigenvalue weighted by Gasteiger charge is -2.27. The standard InChI is InChI=1S/C29H32ClFN8O3/c1-17-25(42-21-5-3-4-19(14-21)28(40)41)11-10-23(35-17)26-24(39(2)38-37-26)16-34-29-33-15-22(31)27(36-29)32-13-12-18-6-8-20(30)9-7-18/h6-11,15,19,21H,3-5,12-14,16H2,1-2H3,(H,40,41)(H2,32,33,34,36)/t19-,21-/m0/s1. The number of ether oxygens (including phenoxy) is 1. The maximum atomic E-state index is 14.4. The summed E-state index contributed by atoms with van der Waals surface area (Å²) in [5.74, 6) is -0.729. The van der Waals surface area contributed by atoms with Gasteiger partial charge in [0.1, 0.15) is 11.4 Å². The van der Waals surface area contributed by atoms with Crippen LogP contribution < -0.4 is 15.4 Å². The molecule has 5 rings (SSSR count). The lowest BCUT2D eigenvalue weighted by Crippen LogP contribution is -2.29. The van der Waals surface area contributed by atoms with Gasteiger partial charge in [-0.15, -0.1) is 5.10 Å². The number of halogens is 2. The van der Waals surface area contributed by atoms with E-state index in [1.54, 1.807) is 11.7 Å². The van der Waals surface area contributed by atoms with Gasteiger partial charge in [0.15, 0.2) is 11.6 Å². The molecule has 2 atom stereocenters. The van der Waals surface area contributed by atoms with Crippen molar-refractivity contribution in [2.45, 2.75) is 51.7 Å². The fourth-order valence-corrected chi connectivity index (χ4v) is 5.08. The van der Waals surface area contributed by atoms with Gasteiger partial charge in [0, 0.05) is 18.6 Å². The van der Waals surface area contributed by atoms with Crippen LogP contribution in [0.2, 0.25) is 5.02 Å². The number of nitrogens with one attached hydrogen (secondary N) is 2. The number of carboxylic acids is 1. The van der Waals surface area contributed by atoms with Gasteiger partial charge in [-0.1, -0.05) is 28.9 Å². The van der Waals surface area contributed by atoms with Gasteiger partial charge in [0.25, 0.3) is 0 Å². The molecule has 0 saturated heterocycles. The predicted octanol–water partition coefficient (Wildman–Crippen LogP) is 5.06. The van der Waals surface area contributed by atoms with Crippen LogP contribution in [0.25, 0.3) is 11.4 Å². The average molecular weight is 595 g/mol. The number of anilines is 2. The third kappa shape index (κ3) is 7.11. The van der Waals surface area contributed by atoms with E-state index in [4.69, 9.17) is 21.3 Å². The fourth-order valence-electron chi connectivity index (χ4n) is 4.95. The molecule has 1 aliphatic carbocycles. The first-order chi connectivity index (χ1) is 20.3. The molecule has 3 aromatic heterocycles. The van der Waals surface area contributed by atoms with Crippen molar-refractivity contribution in [2.75, 3.05) is 17.2 Å². The molecule has 1 aromatic carbocycles. The Morgan fingerprint density at radius 2 is 1.98 bits per heavy atom. The molecule has 0 amide bonds. The summed E-state index contributed by atoms with van der Waals surface area (Å²) < 4.78 is 22.2. The fraction of sp³-hybridized carbons (Fsp3) is 0.379. The summed E-state index contributed by atoms with van der Waals surface area (Å²) in [6, 6.07) is 11.1. The maximum absolute atomic E-state index is 14.4. The third-order valence-corrected chi connectivity index (χ3v) is 7.52. The van der Waals surface area contributed by atoms with Gasteiger partial charge in [-0.05, 0) is 68.9 Å². The quantitative estimate of drug-likeness (QED) is 0.216. The zero-order chi connectivity index (χ0) is 29.6. The molecule has 0 unspecified atom stereocenters. The van der Waals surface area contributed by atoms with Crippen molar-refractivity contribution in [3.05, 3.63) is 70.4 Å². The van der Waals surface area contributed by atoms with E-state index >= 15 is 0 Å². The van der Waals surface area contributed by atoms with Crippen LogP contribution in [0.1, 0.15) is 42.6 Å². The predicted molar refractivity (Wildman–Crippen MR) is 156 cm³/mol. The van der Waals surface area contributed by atoms with E-state index in [-0.39, 0.29) is 30.3 Å². The summed E-state index contributed by atoms with van der Waals surface area (Å²) in [5, 5.41) is 24.7. The average Bonchev–Trinajstić information content (AvgIpc) is 3.35. The molecular weight excluding hydrogens is 563 g/mol. The van der Waals surface area contributed by atoms with Gasteiger partial charge in [0.05, 0.1) is 41.8 Å². The zero-order valence-electron chi connectivity index (χ0n) is 23.3. The van der Waals surface area contributed by atoms with Crippen molar-refractivity contribution in [3.8, 4) is 17.1 Å². The van der Waals surface area contributed by atoms with E-state index < -0.39 is 11.8 Å². The molecule has 11 nitrogen and oxygen atoms in total. The first-order valence-electron chi connectivity index (χ1n) is 13.8. The monoisotopic (exact) mass is 594 g/mol. The Hall–Kier alpha value is -4.32. The lowest BCUT2D eigenvalue weighted by atomic mass is 9.87. The normalized spacial score (nSPS) is 16.7. The summed E-state index contributed by atoms with van der Waals surface area (Å²) in [6.07, 6.45) is 4.44. The minimum Gasteiger partial charge on any atom is -0.489 e. The summed E-state index contributed by atoms with van der Waals surface area (Å²) in [7, 11) is 1.77. The number of rotatable bonds is 11. The van der Waals surface area contributed by atoms with Gasteiger partial charge >= 0.3 is 5.97 Å². The van der Waals surface area contributed by atoms with Gasteiger partial charge in [-0.25, -0.2) is 19.0 Å². The van der Waals surface area contributed by atoms with Crippen LogP contribution in [0.15, 0.2) is 42.6 Å². The molecule has 0 bridgehead atoms. The first-order valence-corrected chi connectivity index (χ1v) is 14.2. The lowest BCUT2D eigenvalue weighted by molar-refractivity contribution is -0.143. The highest BCUT2D eigenvalue weighted by atomic mass is 35.5. The van der Waals surface area contributed by atoms with Crippen LogP contribution >= 0.6 is 11.6 Å². The van der Waals surface area contributed by atoms with E-state index in [0.29, 0.717) is 53.7 Å². The minimum atomic E-state index is -0.773. The number of hydrogen-bond acceptors (Lipinski definition) is 9. The second-order valence-corrected chi connectivity index (χ2v) is 10.7. The Balaban J connectivity index is 1.23. The Morgan fingerprint density at radius 3 is 2.74 bits per heavy atom. The third-order valence-electron chi connectivity index (χ3n) is 7.27. The number of aromatic nitrogens is 6. The number of hydrogen-bond donors (Lipinski definition) is 3. The van der Waals surface area contributed by atoms with Crippen molar-refractivity contribution in [3.63, 3.8) is 0 Å². The summed E-state index contributed by atoms with van der Waals surface area (Å²) in [4.78, 5) is 24.5. The molecule has 3 heterocycles. The van der Waals surface area contributed by atoms with Crippen LogP contribution in [-0.4, -0.2) is 53.7 Å². The van der Waals surface area contributed by atoms with Crippen molar-refractivity contribution in [1.82, 2.24) is 29.9 Å². The van der Waals surface area contributed by atoms with E-state index in [1.807, 2.05) is 43.3 Å². The summed E-state index contributed by atoms with van der Waals surface area (Å²) in [5.41, 5.74) is 3.66. The number of aliphatic carboxylic acids is 1. The number of carboxylic acid groups (broad SMARTS) is 1. The molecule has 1 saturated carbocycles. The summed E-state index contributed by atoms with van der Waals surface area (Å²) >= 11 is 5.94. The van der Waals surface area contributed by atoms with Crippen molar-refractivity contribution < 1.29 is 19.0 Å². The highest BCUT2D eigenvalue weighted by Gasteiger charge is 2.28. The molecular formula is C29H32ClFN8O3. The van der Waals surface area contributed by atoms with Crippen molar-refractivity contribution >= 4 is 29.3 Å². The van der Waals surface area contributed by atoms with Crippen molar-refractivity contribution in [2.24, 2.45) is 13.0 Å². The second-order valence-electron chi connectivity index (χ2n) is 10.3. The topological polar surface area (TPSA) is 140 Å². The molecule has 0 aliphatic heterocycles. The highest BCUT2D eigenvalue weighted by molar-refractivity contribution is 6.30. The SMILES string of the molecule is Cc1nc(-c2nnn(C)c2CNc2ncc(F)c(NCCc3ccc(Cl)cc3)n2)ccc1O[C@H]1CCC[C@H](C(=O)O)C1. The number of carbonyl (C=O) groups is 1. The van der Waals surface area contributed by atoms with Crippen molar-refractivity contribution in [1.29, 1.82) is 0 Å². The van der Waals surface area contributed by atoms with E-state index in [9.17, 15) is 14.3 Å². The van der Waals surface area contributed by atoms with Crippen LogP contribution in [0, 0.1) is 18.7 Å². The molecule has 1 fully saturated rings. The van der Waals surface area contributed by atoms with Crippen LogP contribution in [0.3, 0.4) is 0 Å². The number of benzene rings is 1. The molecule has 42 heavy (non-hydrogen) atoms. The zero-order valence-corrected chi connectivity index (χ0v) is 24.1. The Kier molecular flexibility index (Phi) is 9.11. The Bertz CT molecular complexity index is 1550. The van der Waals surface area contributed by atoms with Gasteiger partial charge in [0.2, 0.25) is 5.95 Å². The Labute approximate surface area is 247 Å². The smallest absolute Gasteiger partial charge is 0.306 e. The molecule has 0 radical (unpaired) electrons. The number of aryl methyl sites for hydroxylation is 2. The van der Waals surface area contributed by atoms with Gasteiger partial charge in [-0.2, -0.15) is 4.98 Å². The van der Waals surface area contributed by atoms with Crippen LogP contribution in [0.5, 0.6) is 5.75 Å². The molecule has 13 heteroatoms. The number of nitrogens with zero attached hydrogens (tertiary/aromatic N) is 6. The molecule has 4 aromatic rings. The molecule has 3 N–H and O–H groups in total. The van der Waals surface area contributed by atoms with E-state index in [0.717, 1.165) is 30.3 Å². The van der Waals surface area contributed by atoms with Gasteiger partial charge in [-0.3, -0.25) is 4.79 Å². The second kappa shape index (κ2) is 13.1.